The van der Waals surface area contributed by atoms with Crippen LogP contribution in [0.3, 0.4) is 0 Å². The van der Waals surface area contributed by atoms with Gasteiger partial charge < -0.3 is 13.9 Å². The minimum Gasteiger partial charge on any atom is -0.444 e. The third kappa shape index (κ3) is 5.93. The largest absolute Gasteiger partial charge is 0.444 e. The zero-order valence-corrected chi connectivity index (χ0v) is 21.1. The molecular weight excluding hydrogens is 412 g/mol. The lowest BCUT2D eigenvalue weighted by molar-refractivity contribution is 0.00382. The molecule has 1 unspecified atom stereocenters. The molecule has 170 valence electrons. The van der Waals surface area contributed by atoms with Crippen LogP contribution < -0.4 is 4.72 Å². The second-order valence-electron chi connectivity index (χ2n) is 10.7. The number of likely N-dealkylation sites (tertiary alicyclic amines) is 1. The summed E-state index contributed by atoms with van der Waals surface area (Å²) in [4.78, 5) is 14.7. The van der Waals surface area contributed by atoms with Crippen LogP contribution in [0.15, 0.2) is 0 Å². The van der Waals surface area contributed by atoms with E-state index in [1.165, 1.54) is 0 Å². The monoisotopic (exact) mass is 450 g/mol. The standard InChI is InChI=1S/C19H38N2O6SSi/c1-18(2,3)27-17(22)21-14-11-25-10-13(14)16(20-28(7,23)24)15(21)12-26-29(8,9)19(4,5)6/h13-16,20H,10-12H2,1-9H3/t13-,14+,15-,16?/m0/s1. The number of nitrogens with zero attached hydrogens (tertiary/aromatic N) is 1. The summed E-state index contributed by atoms with van der Waals surface area (Å²) in [5, 5.41) is 0.00108. The van der Waals surface area contributed by atoms with Gasteiger partial charge in [0.25, 0.3) is 0 Å². The summed E-state index contributed by atoms with van der Waals surface area (Å²) in [5.74, 6) is -0.134. The minimum absolute atomic E-state index is 0.00108. The van der Waals surface area contributed by atoms with Gasteiger partial charge in [-0.3, -0.25) is 4.90 Å². The van der Waals surface area contributed by atoms with E-state index in [1.54, 1.807) is 4.90 Å². The van der Waals surface area contributed by atoms with Crippen molar-refractivity contribution < 1.29 is 27.1 Å². The van der Waals surface area contributed by atoms with Gasteiger partial charge in [0.15, 0.2) is 8.32 Å². The number of hydrogen-bond acceptors (Lipinski definition) is 6. The smallest absolute Gasteiger partial charge is 0.411 e. The fourth-order valence-corrected chi connectivity index (χ4v) is 5.43. The second-order valence-corrected chi connectivity index (χ2v) is 17.3. The highest BCUT2D eigenvalue weighted by Gasteiger charge is 2.56. The van der Waals surface area contributed by atoms with Gasteiger partial charge >= 0.3 is 6.09 Å². The summed E-state index contributed by atoms with van der Waals surface area (Å²) in [6.07, 6.45) is 0.680. The van der Waals surface area contributed by atoms with Gasteiger partial charge in [-0.2, -0.15) is 0 Å². The number of fused-ring (bicyclic) bond motifs is 1. The molecule has 0 radical (unpaired) electrons. The van der Waals surface area contributed by atoms with Gasteiger partial charge in [-0.05, 0) is 38.9 Å². The molecule has 4 atom stereocenters. The van der Waals surface area contributed by atoms with Gasteiger partial charge in [0.05, 0.1) is 44.2 Å². The Labute approximate surface area is 176 Å². The molecule has 10 heteroatoms. The van der Waals surface area contributed by atoms with Crippen LogP contribution in [-0.2, 0) is 23.9 Å². The maximum Gasteiger partial charge on any atom is 0.411 e. The first-order valence-corrected chi connectivity index (χ1v) is 14.9. The number of carbonyl (C=O) groups is 1. The Balaban J connectivity index is 2.35. The molecule has 0 aromatic carbocycles. The number of sulfonamides is 1. The highest BCUT2D eigenvalue weighted by atomic mass is 32.2. The molecular formula is C19H38N2O6SSi. The van der Waals surface area contributed by atoms with Gasteiger partial charge in [-0.1, -0.05) is 20.8 Å². The van der Waals surface area contributed by atoms with Crippen molar-refractivity contribution in [1.82, 2.24) is 9.62 Å². The fourth-order valence-electron chi connectivity index (χ4n) is 3.59. The molecule has 0 aromatic rings. The summed E-state index contributed by atoms with van der Waals surface area (Å²) in [7, 11) is -5.57. The van der Waals surface area contributed by atoms with Crippen LogP contribution in [0.25, 0.3) is 0 Å². The molecule has 1 amide bonds. The third-order valence-corrected chi connectivity index (χ3v) is 11.3. The number of amides is 1. The Morgan fingerprint density at radius 2 is 1.76 bits per heavy atom. The molecule has 8 nitrogen and oxygen atoms in total. The number of nitrogens with one attached hydrogen (secondary N) is 1. The van der Waals surface area contributed by atoms with Crippen molar-refractivity contribution in [3.63, 3.8) is 0 Å². The molecule has 2 saturated heterocycles. The molecule has 2 aliphatic heterocycles. The number of carbonyl (C=O) groups excluding carboxylic acids is 1. The molecule has 0 aromatic heterocycles. The van der Waals surface area contributed by atoms with Gasteiger partial charge in [-0.25, -0.2) is 17.9 Å². The van der Waals surface area contributed by atoms with Crippen molar-refractivity contribution in [1.29, 1.82) is 0 Å². The third-order valence-electron chi connectivity index (χ3n) is 6.06. The van der Waals surface area contributed by atoms with Crippen molar-refractivity contribution in [2.45, 2.75) is 83.4 Å². The van der Waals surface area contributed by atoms with E-state index < -0.39 is 42.1 Å². The summed E-state index contributed by atoms with van der Waals surface area (Å²) in [5.41, 5.74) is -0.654. The minimum atomic E-state index is -3.47. The zero-order valence-electron chi connectivity index (χ0n) is 19.2. The quantitative estimate of drug-likeness (QED) is 0.647. The van der Waals surface area contributed by atoms with Gasteiger partial charge in [0.2, 0.25) is 10.0 Å². The molecule has 1 N–H and O–H groups in total. The Morgan fingerprint density at radius 1 is 1.17 bits per heavy atom. The van der Waals surface area contributed by atoms with E-state index >= 15 is 0 Å². The van der Waals surface area contributed by atoms with E-state index in [0.29, 0.717) is 13.2 Å². The SMILES string of the molecule is CC(C)(C)OC(=O)N1[C@@H]2COC[C@@H]2C(NS(C)(=O)=O)[C@@H]1CO[Si](C)(C)C(C)(C)C. The molecule has 2 heterocycles. The van der Waals surface area contributed by atoms with E-state index in [4.69, 9.17) is 13.9 Å². The van der Waals surface area contributed by atoms with Crippen LogP contribution in [0.2, 0.25) is 18.1 Å². The lowest BCUT2D eigenvalue weighted by Crippen LogP contribution is -2.54. The van der Waals surface area contributed by atoms with Crippen LogP contribution in [0, 0.1) is 5.92 Å². The number of hydrogen-bond donors (Lipinski definition) is 1. The highest BCUT2D eigenvalue weighted by Crippen LogP contribution is 2.40. The van der Waals surface area contributed by atoms with Crippen LogP contribution in [0.5, 0.6) is 0 Å². The molecule has 29 heavy (non-hydrogen) atoms. The van der Waals surface area contributed by atoms with Gasteiger partial charge in [-0.15, -0.1) is 0 Å². The Hall–Kier alpha value is -0.683. The van der Waals surface area contributed by atoms with Crippen LogP contribution >= 0.6 is 0 Å². The predicted molar refractivity (Wildman–Crippen MR) is 115 cm³/mol. The normalized spacial score (nSPS) is 28.5. The van der Waals surface area contributed by atoms with E-state index in [0.717, 1.165) is 6.26 Å². The van der Waals surface area contributed by atoms with Crippen molar-refractivity contribution >= 4 is 24.4 Å². The first kappa shape index (κ1) is 24.6. The fraction of sp³-hybridized carbons (Fsp3) is 0.947. The molecule has 0 bridgehead atoms. The molecule has 0 saturated carbocycles. The Bertz CT molecular complexity index is 713. The summed E-state index contributed by atoms with van der Waals surface area (Å²) < 4.78 is 44.5. The average molecular weight is 451 g/mol. The van der Waals surface area contributed by atoms with Gasteiger partial charge in [0.1, 0.15) is 5.60 Å². The summed E-state index contributed by atoms with van der Waals surface area (Å²) >= 11 is 0. The van der Waals surface area contributed by atoms with E-state index in [9.17, 15) is 13.2 Å². The predicted octanol–water partition coefficient (Wildman–Crippen LogP) is 2.56. The zero-order chi connectivity index (χ0) is 22.4. The number of ether oxygens (including phenoxy) is 2. The maximum absolute atomic E-state index is 13.1. The highest BCUT2D eigenvalue weighted by molar-refractivity contribution is 7.88. The first-order chi connectivity index (χ1) is 12.9. The van der Waals surface area contributed by atoms with Crippen molar-refractivity contribution in [2.75, 3.05) is 26.1 Å². The first-order valence-electron chi connectivity index (χ1n) is 10.1. The van der Waals surface area contributed by atoms with Crippen LogP contribution in [-0.4, -0.2) is 77.5 Å². The van der Waals surface area contributed by atoms with Gasteiger partial charge in [0, 0.05) is 5.92 Å². The van der Waals surface area contributed by atoms with Crippen molar-refractivity contribution in [3.8, 4) is 0 Å². The summed E-state index contributed by atoms with van der Waals surface area (Å²) in [6, 6.07) is -1.17. The van der Waals surface area contributed by atoms with Crippen molar-refractivity contribution in [3.05, 3.63) is 0 Å². The maximum atomic E-state index is 13.1. The van der Waals surface area contributed by atoms with Crippen molar-refractivity contribution in [2.24, 2.45) is 5.92 Å². The van der Waals surface area contributed by atoms with Crippen LogP contribution in [0.1, 0.15) is 41.5 Å². The molecule has 2 aliphatic rings. The lowest BCUT2D eigenvalue weighted by Gasteiger charge is -2.39. The lowest BCUT2D eigenvalue weighted by atomic mass is 9.97. The number of rotatable bonds is 5. The van der Waals surface area contributed by atoms with E-state index in [2.05, 4.69) is 38.6 Å². The van der Waals surface area contributed by atoms with Crippen LogP contribution in [0.4, 0.5) is 4.79 Å². The molecule has 0 aliphatic carbocycles. The molecule has 0 spiro atoms. The van der Waals surface area contributed by atoms with E-state index in [1.807, 2.05) is 20.8 Å². The Morgan fingerprint density at radius 3 is 2.24 bits per heavy atom. The second kappa shape index (κ2) is 8.10. The van der Waals surface area contributed by atoms with E-state index in [-0.39, 0.29) is 23.6 Å². The molecule has 2 fully saturated rings. The average Bonchev–Trinajstić information content (AvgIpc) is 3.02. The molecule has 2 rings (SSSR count). The summed E-state index contributed by atoms with van der Waals surface area (Å²) in [6.45, 7) is 17.2. The topological polar surface area (TPSA) is 94.2 Å². The Kier molecular flexibility index (Phi) is 6.87.